The van der Waals surface area contributed by atoms with Crippen LogP contribution in [-0.2, 0) is 16.1 Å². The maximum Gasteiger partial charge on any atom is 0.346 e. The first-order chi connectivity index (χ1) is 11.1. The summed E-state index contributed by atoms with van der Waals surface area (Å²) in [6, 6.07) is 8.02. The third-order valence-electron chi connectivity index (χ3n) is 5.02. The third-order valence-corrected chi connectivity index (χ3v) is 5.02. The summed E-state index contributed by atoms with van der Waals surface area (Å²) in [6.07, 6.45) is 2.03. The molecule has 1 aromatic rings. The van der Waals surface area contributed by atoms with E-state index in [4.69, 9.17) is 4.74 Å². The van der Waals surface area contributed by atoms with Crippen LogP contribution in [0.5, 0.6) is 5.75 Å². The number of methoxy groups -OCH3 is 1. The third kappa shape index (κ3) is 3.85. The molecule has 3 rings (SSSR count). The van der Waals surface area contributed by atoms with E-state index >= 15 is 0 Å². The Hall–Kier alpha value is -1.59. The summed E-state index contributed by atoms with van der Waals surface area (Å²) in [5, 5.41) is 3.50. The minimum Gasteiger partial charge on any atom is -0.479 e. The van der Waals surface area contributed by atoms with E-state index < -0.39 is 6.10 Å². The van der Waals surface area contributed by atoms with Gasteiger partial charge in [0.25, 0.3) is 0 Å². The second-order valence-corrected chi connectivity index (χ2v) is 6.81. The maximum absolute atomic E-state index is 11.4. The highest BCUT2D eigenvalue weighted by molar-refractivity contribution is 5.74. The molecule has 0 aliphatic carbocycles. The van der Waals surface area contributed by atoms with E-state index in [2.05, 4.69) is 27.1 Å². The van der Waals surface area contributed by atoms with Crippen molar-refractivity contribution in [2.24, 2.45) is 5.41 Å². The fourth-order valence-corrected chi connectivity index (χ4v) is 3.66. The highest BCUT2D eigenvalue weighted by Crippen LogP contribution is 2.36. The summed E-state index contributed by atoms with van der Waals surface area (Å²) in [5.41, 5.74) is 1.80. The van der Waals surface area contributed by atoms with Crippen LogP contribution >= 0.6 is 0 Å². The largest absolute Gasteiger partial charge is 0.479 e. The average molecular weight is 318 g/mol. The van der Waals surface area contributed by atoms with Crippen molar-refractivity contribution < 1.29 is 14.3 Å². The van der Waals surface area contributed by atoms with Crippen LogP contribution in [-0.4, -0.2) is 50.3 Å². The van der Waals surface area contributed by atoms with Gasteiger partial charge in [0.15, 0.2) is 6.10 Å². The van der Waals surface area contributed by atoms with E-state index in [0.29, 0.717) is 11.2 Å². The lowest BCUT2D eigenvalue weighted by molar-refractivity contribution is -0.147. The molecule has 0 amide bonds. The van der Waals surface area contributed by atoms with E-state index in [1.54, 1.807) is 6.92 Å². The molecule has 2 saturated heterocycles. The summed E-state index contributed by atoms with van der Waals surface area (Å²) < 4.78 is 10.2. The predicted molar refractivity (Wildman–Crippen MR) is 88.4 cm³/mol. The van der Waals surface area contributed by atoms with Gasteiger partial charge >= 0.3 is 5.97 Å². The molecule has 1 N–H and O–H groups in total. The lowest BCUT2D eigenvalue weighted by Gasteiger charge is -2.23. The molecule has 2 unspecified atom stereocenters. The number of likely N-dealkylation sites (tertiary alicyclic amines) is 1. The van der Waals surface area contributed by atoms with Gasteiger partial charge in [-0.2, -0.15) is 0 Å². The Morgan fingerprint density at radius 1 is 1.35 bits per heavy atom. The van der Waals surface area contributed by atoms with Crippen LogP contribution in [0.4, 0.5) is 0 Å². The van der Waals surface area contributed by atoms with Crippen molar-refractivity contribution in [2.75, 3.05) is 33.3 Å². The molecular weight excluding hydrogens is 292 g/mol. The molecule has 2 aliphatic rings. The summed E-state index contributed by atoms with van der Waals surface area (Å²) >= 11 is 0. The molecule has 0 bridgehead atoms. The number of nitrogens with zero attached hydrogens (tertiary/aromatic N) is 1. The van der Waals surface area contributed by atoms with E-state index in [1.807, 2.05) is 12.1 Å². The van der Waals surface area contributed by atoms with Crippen LogP contribution in [0.25, 0.3) is 0 Å². The monoisotopic (exact) mass is 318 g/mol. The lowest BCUT2D eigenvalue weighted by atomic mass is 9.86. The van der Waals surface area contributed by atoms with E-state index in [0.717, 1.165) is 13.1 Å². The van der Waals surface area contributed by atoms with Gasteiger partial charge in [-0.15, -0.1) is 0 Å². The molecule has 2 fully saturated rings. The molecule has 0 radical (unpaired) electrons. The van der Waals surface area contributed by atoms with Crippen LogP contribution in [0.15, 0.2) is 24.3 Å². The standard InChI is InChI=1S/C18H26N2O3/c1-14(17(21)22-2)23-16-5-3-15(4-6-16)11-20-10-8-18(13-20)7-9-19-12-18/h3-6,14,19H,7-13H2,1-2H3. The molecule has 2 atom stereocenters. The van der Waals surface area contributed by atoms with Crippen LogP contribution in [0.3, 0.4) is 0 Å². The van der Waals surface area contributed by atoms with E-state index in [9.17, 15) is 4.79 Å². The van der Waals surface area contributed by atoms with E-state index in [1.165, 1.54) is 45.1 Å². The normalized spacial score (nSPS) is 25.7. The van der Waals surface area contributed by atoms with Crippen molar-refractivity contribution in [1.82, 2.24) is 10.2 Å². The van der Waals surface area contributed by atoms with Crippen molar-refractivity contribution in [3.8, 4) is 5.75 Å². The van der Waals surface area contributed by atoms with Crippen LogP contribution < -0.4 is 10.1 Å². The van der Waals surface area contributed by atoms with Gasteiger partial charge in [-0.3, -0.25) is 4.90 Å². The highest BCUT2D eigenvalue weighted by atomic mass is 16.6. The number of hydrogen-bond acceptors (Lipinski definition) is 5. The number of rotatable bonds is 5. The lowest BCUT2D eigenvalue weighted by Crippen LogP contribution is -2.28. The number of nitrogens with one attached hydrogen (secondary N) is 1. The first-order valence-electron chi connectivity index (χ1n) is 8.37. The van der Waals surface area contributed by atoms with Crippen molar-refractivity contribution in [3.05, 3.63) is 29.8 Å². The number of ether oxygens (including phenoxy) is 2. The topological polar surface area (TPSA) is 50.8 Å². The zero-order chi connectivity index (χ0) is 16.3. The zero-order valence-electron chi connectivity index (χ0n) is 14.0. The summed E-state index contributed by atoms with van der Waals surface area (Å²) in [5.74, 6) is 0.339. The zero-order valence-corrected chi connectivity index (χ0v) is 14.0. The van der Waals surface area contributed by atoms with Gasteiger partial charge in [0, 0.05) is 19.6 Å². The van der Waals surface area contributed by atoms with Gasteiger partial charge in [0.2, 0.25) is 0 Å². The fourth-order valence-electron chi connectivity index (χ4n) is 3.66. The van der Waals surface area contributed by atoms with Crippen molar-refractivity contribution in [1.29, 1.82) is 0 Å². The van der Waals surface area contributed by atoms with Gasteiger partial charge in [-0.05, 0) is 56.0 Å². The van der Waals surface area contributed by atoms with Crippen molar-refractivity contribution in [3.63, 3.8) is 0 Å². The van der Waals surface area contributed by atoms with Crippen LogP contribution in [0.1, 0.15) is 25.3 Å². The van der Waals surface area contributed by atoms with Gasteiger partial charge < -0.3 is 14.8 Å². The van der Waals surface area contributed by atoms with E-state index in [-0.39, 0.29) is 5.97 Å². The molecule has 0 aromatic heterocycles. The summed E-state index contributed by atoms with van der Waals surface area (Å²) in [6.45, 7) is 7.38. The Kier molecular flexibility index (Phi) is 4.87. The molecule has 23 heavy (non-hydrogen) atoms. The molecule has 1 aromatic carbocycles. The van der Waals surface area contributed by atoms with Gasteiger partial charge in [-0.1, -0.05) is 12.1 Å². The SMILES string of the molecule is COC(=O)C(C)Oc1ccc(CN2CCC3(CCNC3)C2)cc1. The van der Waals surface area contributed by atoms with Crippen molar-refractivity contribution in [2.45, 2.75) is 32.4 Å². The molecular formula is C18H26N2O3. The first kappa shape index (κ1) is 16.3. The van der Waals surface area contributed by atoms with Crippen molar-refractivity contribution >= 4 is 5.97 Å². The molecule has 5 heteroatoms. The first-order valence-corrected chi connectivity index (χ1v) is 8.37. The number of hydrogen-bond donors (Lipinski definition) is 1. The predicted octanol–water partition coefficient (Wildman–Crippen LogP) is 1.81. The Morgan fingerprint density at radius 3 is 2.78 bits per heavy atom. The summed E-state index contributed by atoms with van der Waals surface area (Å²) in [7, 11) is 1.37. The highest BCUT2D eigenvalue weighted by Gasteiger charge is 2.39. The number of carbonyl (C=O) groups excluding carboxylic acids is 1. The van der Waals surface area contributed by atoms with Gasteiger partial charge in [0.05, 0.1) is 7.11 Å². The Bertz CT molecular complexity index is 538. The minimum atomic E-state index is -0.584. The molecule has 126 valence electrons. The maximum atomic E-state index is 11.4. The molecule has 5 nitrogen and oxygen atoms in total. The average Bonchev–Trinajstić information content (AvgIpc) is 3.18. The molecule has 1 spiro atoms. The van der Waals surface area contributed by atoms with Crippen LogP contribution in [0.2, 0.25) is 0 Å². The quantitative estimate of drug-likeness (QED) is 0.839. The van der Waals surface area contributed by atoms with Gasteiger partial charge in [-0.25, -0.2) is 4.79 Å². The second-order valence-electron chi connectivity index (χ2n) is 6.81. The molecule has 2 aliphatic heterocycles. The number of benzene rings is 1. The molecule has 2 heterocycles. The summed E-state index contributed by atoms with van der Waals surface area (Å²) in [4.78, 5) is 13.9. The fraction of sp³-hybridized carbons (Fsp3) is 0.611. The number of carbonyl (C=O) groups is 1. The minimum absolute atomic E-state index is 0.360. The smallest absolute Gasteiger partial charge is 0.346 e. The Balaban J connectivity index is 1.53. The van der Waals surface area contributed by atoms with Crippen LogP contribution in [0, 0.1) is 5.41 Å². The molecule has 0 saturated carbocycles. The Morgan fingerprint density at radius 2 is 2.13 bits per heavy atom. The second kappa shape index (κ2) is 6.89. The number of esters is 1. The van der Waals surface area contributed by atoms with Gasteiger partial charge in [0.1, 0.15) is 5.75 Å². The Labute approximate surface area is 137 Å².